The Morgan fingerprint density at radius 1 is 1.25 bits per heavy atom. The second kappa shape index (κ2) is 10.6. The minimum absolute atomic E-state index is 0.507. The molecule has 1 N–H and O–H groups in total. The van der Waals surface area contributed by atoms with E-state index < -0.39 is 0 Å². The monoisotopic (exact) mass is 334 g/mol. The summed E-state index contributed by atoms with van der Waals surface area (Å²) < 4.78 is 5.11. The maximum atomic E-state index is 5.11. The molecular formula is C19H34N4O. The van der Waals surface area contributed by atoms with Gasteiger partial charge in [0, 0.05) is 46.0 Å². The molecule has 0 aliphatic carbocycles. The van der Waals surface area contributed by atoms with E-state index in [1.165, 1.54) is 44.3 Å². The third-order valence-corrected chi connectivity index (χ3v) is 4.72. The lowest BCUT2D eigenvalue weighted by Gasteiger charge is -2.24. The number of hydrogen-bond acceptors (Lipinski definition) is 5. The zero-order valence-corrected chi connectivity index (χ0v) is 15.6. The van der Waals surface area contributed by atoms with Crippen molar-refractivity contribution in [2.75, 3.05) is 51.8 Å². The Morgan fingerprint density at radius 3 is 2.62 bits per heavy atom. The molecule has 1 aliphatic rings. The summed E-state index contributed by atoms with van der Waals surface area (Å²) in [6.45, 7) is 8.40. The lowest BCUT2D eigenvalue weighted by Crippen LogP contribution is -2.39. The second-order valence-corrected chi connectivity index (χ2v) is 6.94. The second-order valence-electron chi connectivity index (χ2n) is 6.94. The van der Waals surface area contributed by atoms with Gasteiger partial charge in [0.2, 0.25) is 0 Å². The van der Waals surface area contributed by atoms with Crippen LogP contribution in [0.5, 0.6) is 0 Å². The molecule has 0 spiro atoms. The summed E-state index contributed by atoms with van der Waals surface area (Å²) in [4.78, 5) is 9.28. The van der Waals surface area contributed by atoms with Crippen molar-refractivity contribution < 1.29 is 4.74 Å². The number of nitrogens with one attached hydrogen (secondary N) is 1. The van der Waals surface area contributed by atoms with E-state index in [9.17, 15) is 0 Å². The summed E-state index contributed by atoms with van der Waals surface area (Å²) in [5.74, 6) is 0.994. The van der Waals surface area contributed by atoms with E-state index >= 15 is 0 Å². The van der Waals surface area contributed by atoms with Gasteiger partial charge in [0.1, 0.15) is 5.82 Å². The molecule has 1 fully saturated rings. The number of pyridine rings is 1. The van der Waals surface area contributed by atoms with Crippen LogP contribution in [0.4, 0.5) is 5.82 Å². The van der Waals surface area contributed by atoms with Gasteiger partial charge in [-0.05, 0) is 44.5 Å². The molecule has 1 aromatic rings. The lowest BCUT2D eigenvalue weighted by molar-refractivity contribution is 0.206. The van der Waals surface area contributed by atoms with Gasteiger partial charge in [-0.25, -0.2) is 4.98 Å². The lowest BCUT2D eigenvalue weighted by atomic mass is 10.2. The molecule has 2 rings (SSSR count). The maximum Gasteiger partial charge on any atom is 0.128 e. The largest absolute Gasteiger partial charge is 0.383 e. The molecule has 1 aromatic heterocycles. The molecule has 2 heterocycles. The predicted octanol–water partition coefficient (Wildman–Crippen LogP) is 2.52. The van der Waals surface area contributed by atoms with E-state index in [2.05, 4.69) is 39.2 Å². The average molecular weight is 335 g/mol. The number of nitrogens with zero attached hydrogens (tertiary/aromatic N) is 3. The van der Waals surface area contributed by atoms with Crippen molar-refractivity contribution in [3.63, 3.8) is 0 Å². The van der Waals surface area contributed by atoms with Crippen LogP contribution in [0.25, 0.3) is 0 Å². The number of aromatic nitrogens is 1. The quantitative estimate of drug-likeness (QED) is 0.751. The first-order valence-corrected chi connectivity index (χ1v) is 9.30. The normalized spacial score (nSPS) is 17.5. The van der Waals surface area contributed by atoms with E-state index in [-0.39, 0.29) is 0 Å². The Bertz CT molecular complexity index is 443. The van der Waals surface area contributed by atoms with Crippen LogP contribution in [0.3, 0.4) is 0 Å². The van der Waals surface area contributed by atoms with Crippen LogP contribution in [0.15, 0.2) is 18.3 Å². The molecule has 24 heavy (non-hydrogen) atoms. The van der Waals surface area contributed by atoms with Crippen LogP contribution in [0.2, 0.25) is 0 Å². The molecule has 1 atom stereocenters. The molecule has 1 aliphatic heterocycles. The van der Waals surface area contributed by atoms with E-state index in [0.29, 0.717) is 6.04 Å². The van der Waals surface area contributed by atoms with Gasteiger partial charge in [0.25, 0.3) is 0 Å². The fraction of sp³-hybridized carbons (Fsp3) is 0.737. The summed E-state index contributed by atoms with van der Waals surface area (Å²) in [5.41, 5.74) is 1.24. The first kappa shape index (κ1) is 19.2. The summed E-state index contributed by atoms with van der Waals surface area (Å²) in [5, 5.41) is 3.63. The molecule has 0 aromatic carbocycles. The van der Waals surface area contributed by atoms with Gasteiger partial charge < -0.3 is 19.9 Å². The summed E-state index contributed by atoms with van der Waals surface area (Å²) in [6.07, 6.45) is 7.48. The summed E-state index contributed by atoms with van der Waals surface area (Å²) in [7, 11) is 3.77. The van der Waals surface area contributed by atoms with Gasteiger partial charge in [0.15, 0.2) is 0 Å². The summed E-state index contributed by atoms with van der Waals surface area (Å²) >= 11 is 0. The van der Waals surface area contributed by atoms with Crippen LogP contribution in [-0.4, -0.2) is 62.9 Å². The van der Waals surface area contributed by atoms with Crippen molar-refractivity contribution in [2.24, 2.45) is 0 Å². The van der Waals surface area contributed by atoms with Crippen LogP contribution >= 0.6 is 0 Å². The van der Waals surface area contributed by atoms with Crippen molar-refractivity contribution in [2.45, 2.75) is 45.2 Å². The molecule has 0 radical (unpaired) electrons. The van der Waals surface area contributed by atoms with Gasteiger partial charge in [-0.3, -0.25) is 0 Å². The highest BCUT2D eigenvalue weighted by atomic mass is 16.5. The molecule has 1 saturated heterocycles. The van der Waals surface area contributed by atoms with E-state index in [1.54, 1.807) is 7.11 Å². The summed E-state index contributed by atoms with van der Waals surface area (Å²) in [6, 6.07) is 4.76. The number of likely N-dealkylation sites (N-methyl/N-ethyl adjacent to an activating group) is 1. The van der Waals surface area contributed by atoms with E-state index in [0.717, 1.165) is 32.1 Å². The highest BCUT2D eigenvalue weighted by Gasteiger charge is 2.12. The fourth-order valence-electron chi connectivity index (χ4n) is 3.15. The topological polar surface area (TPSA) is 40.6 Å². The highest BCUT2D eigenvalue weighted by Crippen LogP contribution is 2.11. The smallest absolute Gasteiger partial charge is 0.128 e. The number of rotatable bonds is 9. The Kier molecular flexibility index (Phi) is 8.50. The standard InChI is InChI=1S/C19H34N4O/c1-17(16-23-10-6-4-5-7-11-23)20-14-18-8-9-19(21-15-18)22(2)12-13-24-3/h8-9,15,17,20H,4-7,10-14,16H2,1-3H3/t17-/m0/s1. The Morgan fingerprint density at radius 2 is 2.00 bits per heavy atom. The molecule has 5 nitrogen and oxygen atoms in total. The molecule has 136 valence electrons. The Hall–Kier alpha value is -1.17. The third-order valence-electron chi connectivity index (χ3n) is 4.72. The zero-order chi connectivity index (χ0) is 17.2. The number of methoxy groups -OCH3 is 1. The first-order chi connectivity index (χ1) is 11.7. The molecule has 0 unspecified atom stereocenters. The van der Waals surface area contributed by atoms with E-state index in [1.807, 2.05) is 13.2 Å². The number of anilines is 1. The minimum atomic E-state index is 0.507. The number of ether oxygens (including phenoxy) is 1. The van der Waals surface area contributed by atoms with Gasteiger partial charge in [-0.1, -0.05) is 18.9 Å². The number of hydrogen-bond donors (Lipinski definition) is 1. The van der Waals surface area contributed by atoms with Crippen molar-refractivity contribution in [1.82, 2.24) is 15.2 Å². The van der Waals surface area contributed by atoms with Crippen LogP contribution in [0, 0.1) is 0 Å². The molecular weight excluding hydrogens is 300 g/mol. The third kappa shape index (κ3) is 6.75. The Labute approximate surface area is 147 Å². The fourth-order valence-corrected chi connectivity index (χ4v) is 3.15. The van der Waals surface area contributed by atoms with Gasteiger partial charge >= 0.3 is 0 Å². The molecule has 5 heteroatoms. The van der Waals surface area contributed by atoms with Crippen molar-refractivity contribution >= 4 is 5.82 Å². The van der Waals surface area contributed by atoms with Gasteiger partial charge in [-0.15, -0.1) is 0 Å². The van der Waals surface area contributed by atoms with Gasteiger partial charge in [-0.2, -0.15) is 0 Å². The SMILES string of the molecule is COCCN(C)c1ccc(CN[C@@H](C)CN2CCCCCC2)cn1. The van der Waals surface area contributed by atoms with Gasteiger partial charge in [0.05, 0.1) is 6.61 Å². The predicted molar refractivity (Wildman–Crippen MR) is 101 cm³/mol. The van der Waals surface area contributed by atoms with Crippen molar-refractivity contribution in [3.05, 3.63) is 23.9 Å². The first-order valence-electron chi connectivity index (χ1n) is 9.30. The van der Waals surface area contributed by atoms with E-state index in [4.69, 9.17) is 4.74 Å². The molecule has 0 saturated carbocycles. The van der Waals surface area contributed by atoms with Crippen LogP contribution < -0.4 is 10.2 Å². The maximum absolute atomic E-state index is 5.11. The average Bonchev–Trinajstić information content (AvgIpc) is 2.87. The molecule has 0 amide bonds. The molecule has 0 bridgehead atoms. The van der Waals surface area contributed by atoms with Crippen LogP contribution in [-0.2, 0) is 11.3 Å². The van der Waals surface area contributed by atoms with Crippen LogP contribution in [0.1, 0.15) is 38.2 Å². The Balaban J connectivity index is 1.72. The highest BCUT2D eigenvalue weighted by molar-refractivity contribution is 5.38. The van der Waals surface area contributed by atoms with Crippen molar-refractivity contribution in [3.8, 4) is 0 Å². The zero-order valence-electron chi connectivity index (χ0n) is 15.6. The van der Waals surface area contributed by atoms with Crippen molar-refractivity contribution in [1.29, 1.82) is 0 Å². The number of likely N-dealkylation sites (tertiary alicyclic amines) is 1. The minimum Gasteiger partial charge on any atom is -0.383 e.